The van der Waals surface area contributed by atoms with Crippen LogP contribution in [0.5, 0.6) is 5.88 Å². The van der Waals surface area contributed by atoms with Crippen molar-refractivity contribution in [3.8, 4) is 5.88 Å². The Bertz CT molecular complexity index is 455. The minimum absolute atomic E-state index is 0.134. The quantitative estimate of drug-likeness (QED) is 0.753. The van der Waals surface area contributed by atoms with Crippen LogP contribution in [0.15, 0.2) is 6.33 Å². The Balaban J connectivity index is 2.81. The molecule has 3 N–H and O–H groups in total. The summed E-state index contributed by atoms with van der Waals surface area (Å²) in [6.45, 7) is 11.8. The third kappa shape index (κ3) is 6.16. The van der Waals surface area contributed by atoms with Gasteiger partial charge in [-0.15, -0.1) is 0 Å². The summed E-state index contributed by atoms with van der Waals surface area (Å²) in [5, 5.41) is 3.39. The maximum Gasteiger partial charge on any atom is 0.242 e. The van der Waals surface area contributed by atoms with E-state index in [1.807, 2.05) is 0 Å². The lowest BCUT2D eigenvalue weighted by molar-refractivity contribution is 0.144. The number of ether oxygens (including phenoxy) is 2. The SMILES string of the molecule is COCCOc1ncnc(NC(C)(C)CC(C)(C)C)c1N. The van der Waals surface area contributed by atoms with Crippen molar-refractivity contribution in [3.63, 3.8) is 0 Å². The van der Waals surface area contributed by atoms with E-state index in [2.05, 4.69) is 49.9 Å². The van der Waals surface area contributed by atoms with E-state index in [-0.39, 0.29) is 11.0 Å². The molecule has 6 nitrogen and oxygen atoms in total. The maximum atomic E-state index is 6.08. The summed E-state index contributed by atoms with van der Waals surface area (Å²) < 4.78 is 10.4. The fourth-order valence-corrected chi connectivity index (χ4v) is 2.51. The highest BCUT2D eigenvalue weighted by molar-refractivity contribution is 5.67. The number of nitrogen functional groups attached to an aromatic ring is 1. The second kappa shape index (κ2) is 6.93. The van der Waals surface area contributed by atoms with Gasteiger partial charge in [-0.1, -0.05) is 20.8 Å². The first-order valence-electron chi connectivity index (χ1n) is 7.15. The average Bonchev–Trinajstić information content (AvgIpc) is 2.30. The molecule has 0 radical (unpaired) electrons. The third-order valence-corrected chi connectivity index (χ3v) is 2.80. The van der Waals surface area contributed by atoms with E-state index in [0.717, 1.165) is 6.42 Å². The maximum absolute atomic E-state index is 6.08. The number of nitrogens with one attached hydrogen (secondary N) is 1. The van der Waals surface area contributed by atoms with Gasteiger partial charge in [0.05, 0.1) is 6.61 Å². The number of nitrogens with zero attached hydrogens (tertiary/aromatic N) is 2. The van der Waals surface area contributed by atoms with Crippen LogP contribution in [0.4, 0.5) is 11.5 Å². The minimum Gasteiger partial charge on any atom is -0.474 e. The van der Waals surface area contributed by atoms with Crippen molar-refractivity contribution in [2.75, 3.05) is 31.4 Å². The van der Waals surface area contributed by atoms with Gasteiger partial charge in [-0.25, -0.2) is 4.98 Å². The highest BCUT2D eigenvalue weighted by atomic mass is 16.5. The molecule has 1 aromatic heterocycles. The number of methoxy groups -OCH3 is 1. The van der Waals surface area contributed by atoms with Crippen molar-refractivity contribution < 1.29 is 9.47 Å². The minimum atomic E-state index is -0.134. The molecule has 1 heterocycles. The first kappa shape index (κ1) is 17.5. The molecule has 0 aromatic carbocycles. The van der Waals surface area contributed by atoms with Crippen molar-refractivity contribution in [2.45, 2.75) is 46.6 Å². The Hall–Kier alpha value is -1.56. The molecule has 0 fully saturated rings. The van der Waals surface area contributed by atoms with Crippen LogP contribution in [0.1, 0.15) is 41.0 Å². The van der Waals surface area contributed by atoms with Gasteiger partial charge in [-0.05, 0) is 25.7 Å². The smallest absolute Gasteiger partial charge is 0.242 e. The van der Waals surface area contributed by atoms with Gasteiger partial charge in [0.25, 0.3) is 0 Å². The summed E-state index contributed by atoms with van der Waals surface area (Å²) >= 11 is 0. The van der Waals surface area contributed by atoms with Gasteiger partial charge in [0.15, 0.2) is 5.82 Å². The van der Waals surface area contributed by atoms with Crippen molar-refractivity contribution in [1.82, 2.24) is 9.97 Å². The molecule has 0 unspecified atom stereocenters. The Kier molecular flexibility index (Phi) is 5.78. The summed E-state index contributed by atoms with van der Waals surface area (Å²) in [7, 11) is 1.62. The fraction of sp³-hybridized carbons (Fsp3) is 0.733. The van der Waals surface area contributed by atoms with Crippen molar-refractivity contribution in [1.29, 1.82) is 0 Å². The molecule has 0 bridgehead atoms. The van der Waals surface area contributed by atoms with Gasteiger partial charge in [0, 0.05) is 12.6 Å². The summed E-state index contributed by atoms with van der Waals surface area (Å²) in [6, 6.07) is 0. The molecule has 120 valence electrons. The molecular formula is C15H28N4O2. The number of aromatic nitrogens is 2. The summed E-state index contributed by atoms with van der Waals surface area (Å²) in [5.41, 5.74) is 6.58. The molecule has 6 heteroatoms. The molecule has 1 rings (SSSR count). The molecule has 0 atom stereocenters. The van der Waals surface area contributed by atoms with Crippen LogP contribution in [0.3, 0.4) is 0 Å². The second-order valence-electron chi connectivity index (χ2n) is 7.03. The normalized spacial score (nSPS) is 12.3. The summed E-state index contributed by atoms with van der Waals surface area (Å²) in [5.74, 6) is 0.989. The highest BCUT2D eigenvalue weighted by Crippen LogP contribution is 2.32. The van der Waals surface area contributed by atoms with Crippen LogP contribution < -0.4 is 15.8 Å². The van der Waals surface area contributed by atoms with Crippen molar-refractivity contribution in [2.24, 2.45) is 5.41 Å². The zero-order valence-corrected chi connectivity index (χ0v) is 14.0. The van der Waals surface area contributed by atoms with Crippen LogP contribution in [-0.4, -0.2) is 35.8 Å². The van der Waals surface area contributed by atoms with Gasteiger partial charge in [-0.3, -0.25) is 0 Å². The number of rotatable bonds is 7. The standard InChI is InChI=1S/C15H28N4O2/c1-14(2,3)9-15(4,5)19-12-11(16)13(18-10-17-12)21-8-7-20-6/h10H,7-9,16H2,1-6H3,(H,17,18,19). The molecule has 0 amide bonds. The van der Waals surface area contributed by atoms with Crippen LogP contribution in [0, 0.1) is 5.41 Å². The largest absolute Gasteiger partial charge is 0.474 e. The van der Waals surface area contributed by atoms with Gasteiger partial charge >= 0.3 is 0 Å². The Morgan fingerprint density at radius 1 is 1.14 bits per heavy atom. The highest BCUT2D eigenvalue weighted by Gasteiger charge is 2.26. The fourth-order valence-electron chi connectivity index (χ4n) is 2.51. The van der Waals surface area contributed by atoms with E-state index in [4.69, 9.17) is 15.2 Å². The molecule has 0 aliphatic rings. The van der Waals surface area contributed by atoms with E-state index in [9.17, 15) is 0 Å². The summed E-state index contributed by atoms with van der Waals surface area (Å²) in [6.07, 6.45) is 2.43. The van der Waals surface area contributed by atoms with E-state index in [1.165, 1.54) is 6.33 Å². The van der Waals surface area contributed by atoms with E-state index >= 15 is 0 Å². The van der Waals surface area contributed by atoms with Crippen molar-refractivity contribution in [3.05, 3.63) is 6.33 Å². The van der Waals surface area contributed by atoms with Crippen LogP contribution in [-0.2, 0) is 4.74 Å². The molecule has 0 saturated carbocycles. The summed E-state index contributed by atoms with van der Waals surface area (Å²) in [4.78, 5) is 8.29. The number of hydrogen-bond donors (Lipinski definition) is 2. The monoisotopic (exact) mass is 296 g/mol. The van der Waals surface area contributed by atoms with Gasteiger partial charge < -0.3 is 20.5 Å². The molecule has 0 saturated heterocycles. The lowest BCUT2D eigenvalue weighted by atomic mass is 9.82. The Morgan fingerprint density at radius 2 is 1.81 bits per heavy atom. The van der Waals surface area contributed by atoms with Crippen LogP contribution in [0.2, 0.25) is 0 Å². The number of nitrogens with two attached hydrogens (primary N) is 1. The Labute approximate surface area is 127 Å². The zero-order chi connectivity index (χ0) is 16.1. The molecular weight excluding hydrogens is 268 g/mol. The molecule has 0 aliphatic carbocycles. The number of hydrogen-bond acceptors (Lipinski definition) is 6. The Morgan fingerprint density at radius 3 is 2.38 bits per heavy atom. The van der Waals surface area contributed by atoms with E-state index < -0.39 is 0 Å². The molecule has 1 aromatic rings. The first-order valence-corrected chi connectivity index (χ1v) is 7.15. The first-order chi connectivity index (χ1) is 9.64. The second-order valence-corrected chi connectivity index (χ2v) is 7.03. The lowest BCUT2D eigenvalue weighted by Crippen LogP contribution is -2.36. The van der Waals surface area contributed by atoms with Crippen LogP contribution in [0.25, 0.3) is 0 Å². The number of anilines is 2. The molecule has 0 spiro atoms. The van der Waals surface area contributed by atoms with E-state index in [0.29, 0.717) is 30.6 Å². The van der Waals surface area contributed by atoms with Crippen molar-refractivity contribution >= 4 is 11.5 Å². The topological polar surface area (TPSA) is 82.3 Å². The predicted molar refractivity (Wildman–Crippen MR) is 85.6 cm³/mol. The van der Waals surface area contributed by atoms with Gasteiger partial charge in [0.1, 0.15) is 18.6 Å². The van der Waals surface area contributed by atoms with Gasteiger partial charge in [0.2, 0.25) is 5.88 Å². The lowest BCUT2D eigenvalue weighted by Gasteiger charge is -2.34. The third-order valence-electron chi connectivity index (χ3n) is 2.80. The predicted octanol–water partition coefficient (Wildman–Crippen LogP) is 2.71. The van der Waals surface area contributed by atoms with Crippen LogP contribution >= 0.6 is 0 Å². The zero-order valence-electron chi connectivity index (χ0n) is 14.0. The molecule has 21 heavy (non-hydrogen) atoms. The van der Waals surface area contributed by atoms with E-state index in [1.54, 1.807) is 7.11 Å². The molecule has 0 aliphatic heterocycles. The average molecular weight is 296 g/mol. The van der Waals surface area contributed by atoms with Gasteiger partial charge in [-0.2, -0.15) is 4.98 Å².